The van der Waals surface area contributed by atoms with Crippen molar-refractivity contribution in [1.82, 2.24) is 4.57 Å². The molecule has 4 rings (SSSR count). The molecule has 0 bridgehead atoms. The Morgan fingerprint density at radius 3 is 2.54 bits per heavy atom. The number of ketones is 1. The quantitative estimate of drug-likeness (QED) is 0.334. The SMILES string of the molecule is O=C(Cn1c(-c2ccccc2)c[n+]2ccsc12)c1ccc([N+](=O)O)cc1. The molecule has 0 aliphatic heterocycles. The van der Waals surface area contributed by atoms with Gasteiger partial charge in [-0.05, 0) is 12.1 Å². The van der Waals surface area contributed by atoms with Gasteiger partial charge in [-0.2, -0.15) is 4.40 Å². The Hall–Kier alpha value is -3.32. The minimum atomic E-state index is -0.223. The first-order valence-electron chi connectivity index (χ1n) is 7.96. The molecule has 0 spiro atoms. The molecule has 0 radical (unpaired) electrons. The molecule has 0 saturated heterocycles. The molecule has 0 unspecified atom stereocenters. The maximum absolute atomic E-state index is 12.8. The van der Waals surface area contributed by atoms with Gasteiger partial charge in [0.05, 0.1) is 4.91 Å². The molecule has 0 amide bonds. The van der Waals surface area contributed by atoms with Crippen LogP contribution in [-0.2, 0) is 6.54 Å². The van der Waals surface area contributed by atoms with Crippen molar-refractivity contribution >= 4 is 27.8 Å². The topological polar surface area (TPSA) is 66.4 Å². The number of hydrogen-bond donors (Lipinski definition) is 1. The molecule has 2 aromatic carbocycles. The van der Waals surface area contributed by atoms with Crippen LogP contribution in [0.25, 0.3) is 16.2 Å². The number of rotatable bonds is 5. The van der Waals surface area contributed by atoms with E-state index in [2.05, 4.69) is 0 Å². The van der Waals surface area contributed by atoms with Gasteiger partial charge in [0.25, 0.3) is 4.92 Å². The molecule has 26 heavy (non-hydrogen) atoms. The monoisotopic (exact) mass is 365 g/mol. The summed E-state index contributed by atoms with van der Waals surface area (Å²) in [5, 5.41) is 10.9. The second-order valence-corrected chi connectivity index (χ2v) is 6.68. The molecule has 4 aromatic rings. The van der Waals surface area contributed by atoms with Gasteiger partial charge in [0, 0.05) is 28.6 Å². The molecular formula is C19H15N3O3S+2. The third-order valence-corrected chi connectivity index (χ3v) is 5.08. The maximum atomic E-state index is 12.8. The number of benzene rings is 2. The molecule has 2 heterocycles. The van der Waals surface area contributed by atoms with E-state index in [9.17, 15) is 9.70 Å². The van der Waals surface area contributed by atoms with Gasteiger partial charge in [-0.1, -0.05) is 41.7 Å². The molecule has 7 heteroatoms. The first-order chi connectivity index (χ1) is 12.6. The summed E-state index contributed by atoms with van der Waals surface area (Å²) in [6.45, 7) is 0.181. The highest BCUT2D eigenvalue weighted by Crippen LogP contribution is 2.23. The van der Waals surface area contributed by atoms with Gasteiger partial charge >= 0.3 is 10.6 Å². The maximum Gasteiger partial charge on any atom is 0.346 e. The number of imidazole rings is 1. The molecule has 0 aliphatic rings. The predicted octanol–water partition coefficient (Wildman–Crippen LogP) is 3.64. The van der Waals surface area contributed by atoms with Crippen LogP contribution in [0, 0.1) is 4.91 Å². The molecule has 1 N–H and O–H groups in total. The van der Waals surface area contributed by atoms with Crippen LogP contribution >= 0.6 is 11.3 Å². The van der Waals surface area contributed by atoms with E-state index in [0.29, 0.717) is 5.56 Å². The molecule has 0 fully saturated rings. The van der Waals surface area contributed by atoms with Crippen molar-refractivity contribution in [3.05, 3.63) is 82.8 Å². The summed E-state index contributed by atoms with van der Waals surface area (Å²) >= 11 is 1.57. The second kappa shape index (κ2) is 6.53. The van der Waals surface area contributed by atoms with Crippen LogP contribution in [-0.4, -0.2) is 20.5 Å². The van der Waals surface area contributed by atoms with E-state index in [4.69, 9.17) is 5.21 Å². The van der Waals surface area contributed by atoms with E-state index in [1.165, 1.54) is 12.1 Å². The lowest BCUT2D eigenvalue weighted by Gasteiger charge is -2.02. The van der Waals surface area contributed by atoms with Crippen molar-refractivity contribution in [3.63, 3.8) is 0 Å². The van der Waals surface area contributed by atoms with E-state index < -0.39 is 0 Å². The number of carbonyl (C=O) groups is 1. The van der Waals surface area contributed by atoms with Gasteiger partial charge in [-0.3, -0.25) is 4.79 Å². The summed E-state index contributed by atoms with van der Waals surface area (Å²) in [4.78, 5) is 24.4. The van der Waals surface area contributed by atoms with E-state index >= 15 is 0 Å². The van der Waals surface area contributed by atoms with Crippen LogP contribution in [0.4, 0.5) is 5.69 Å². The number of Topliss-reactive ketones (excluding diaryl/α,β-unsaturated/α-hetero) is 1. The van der Waals surface area contributed by atoms with Crippen molar-refractivity contribution in [1.29, 1.82) is 0 Å². The van der Waals surface area contributed by atoms with Gasteiger partial charge in [0.2, 0.25) is 5.78 Å². The van der Waals surface area contributed by atoms with E-state index in [0.717, 1.165) is 16.2 Å². The summed E-state index contributed by atoms with van der Waals surface area (Å²) in [5.41, 5.74) is 2.57. The Morgan fingerprint density at radius 1 is 1.12 bits per heavy atom. The third-order valence-electron chi connectivity index (χ3n) is 4.18. The molecular weight excluding hydrogens is 350 g/mol. The van der Waals surface area contributed by atoms with Crippen LogP contribution < -0.4 is 4.40 Å². The number of thiazole rings is 1. The Balaban J connectivity index is 1.71. The van der Waals surface area contributed by atoms with Crippen LogP contribution in [0.15, 0.2) is 72.4 Å². The summed E-state index contributed by atoms with van der Waals surface area (Å²) < 4.78 is 3.99. The lowest BCUT2D eigenvalue weighted by atomic mass is 10.1. The lowest BCUT2D eigenvalue weighted by Crippen LogP contribution is -2.16. The Morgan fingerprint density at radius 2 is 1.85 bits per heavy atom. The second-order valence-electron chi connectivity index (χ2n) is 5.80. The summed E-state index contributed by atoms with van der Waals surface area (Å²) in [5.74, 6) is -0.0735. The zero-order chi connectivity index (χ0) is 18.1. The van der Waals surface area contributed by atoms with Crippen molar-refractivity contribution < 1.29 is 19.3 Å². The smallest absolute Gasteiger partial charge is 0.290 e. The summed E-state index contributed by atoms with van der Waals surface area (Å²) in [6, 6.07) is 15.8. The first kappa shape index (κ1) is 16.2. The zero-order valence-electron chi connectivity index (χ0n) is 13.6. The number of hydrogen-bond acceptors (Lipinski definition) is 3. The van der Waals surface area contributed by atoms with Crippen LogP contribution in [0.5, 0.6) is 0 Å². The van der Waals surface area contributed by atoms with E-state index in [1.807, 2.05) is 57.1 Å². The normalized spacial score (nSPS) is 10.9. The molecule has 0 aliphatic carbocycles. The van der Waals surface area contributed by atoms with Crippen molar-refractivity contribution in [2.24, 2.45) is 0 Å². The number of aromatic nitrogens is 2. The number of carbonyl (C=O) groups excluding carboxylic acids is 1. The molecule has 0 atom stereocenters. The van der Waals surface area contributed by atoms with Crippen LogP contribution in [0.2, 0.25) is 0 Å². The first-order valence-corrected chi connectivity index (χ1v) is 8.84. The van der Waals surface area contributed by atoms with Gasteiger partial charge in [0.1, 0.15) is 12.4 Å². The largest absolute Gasteiger partial charge is 0.346 e. The summed E-state index contributed by atoms with van der Waals surface area (Å²) in [6.07, 6.45) is 3.98. The highest BCUT2D eigenvalue weighted by atomic mass is 32.1. The lowest BCUT2D eigenvalue weighted by molar-refractivity contribution is -0.729. The Bertz CT molecular complexity index is 1100. The Labute approximate surface area is 152 Å². The Kier molecular flexibility index (Phi) is 4.06. The minimum Gasteiger partial charge on any atom is -0.290 e. The van der Waals surface area contributed by atoms with Gasteiger partial charge in [-0.15, -0.1) is 0 Å². The molecule has 128 valence electrons. The average molecular weight is 365 g/mol. The van der Waals surface area contributed by atoms with E-state index in [-0.39, 0.29) is 22.9 Å². The van der Waals surface area contributed by atoms with Crippen molar-refractivity contribution in [2.75, 3.05) is 0 Å². The van der Waals surface area contributed by atoms with Gasteiger partial charge in [-0.25, -0.2) is 9.77 Å². The third kappa shape index (κ3) is 2.89. The standard InChI is InChI=1S/C19H15N3O3S/c23-18(15-6-8-16(9-7-15)22(24)25)13-21-17(14-4-2-1-3-5-14)12-20-10-11-26-19(20)21/h1-12H,13H2,(H,24,25)/q+2. The fourth-order valence-electron chi connectivity index (χ4n) is 2.89. The molecule has 6 nitrogen and oxygen atoms in total. The van der Waals surface area contributed by atoms with Crippen LogP contribution in [0.3, 0.4) is 0 Å². The van der Waals surface area contributed by atoms with Gasteiger partial charge in [0.15, 0.2) is 12.2 Å². The summed E-state index contributed by atoms with van der Waals surface area (Å²) in [7, 11) is 0. The van der Waals surface area contributed by atoms with Crippen molar-refractivity contribution in [3.8, 4) is 11.3 Å². The van der Waals surface area contributed by atoms with E-state index in [1.54, 1.807) is 23.5 Å². The molecule has 0 saturated carbocycles. The van der Waals surface area contributed by atoms with Gasteiger partial charge < -0.3 is 0 Å². The minimum absolute atomic E-state index is 0.0735. The van der Waals surface area contributed by atoms with Crippen LogP contribution in [0.1, 0.15) is 10.4 Å². The number of fused-ring (bicyclic) bond motifs is 1. The zero-order valence-corrected chi connectivity index (χ0v) is 14.5. The predicted molar refractivity (Wildman–Crippen MR) is 96.8 cm³/mol. The fraction of sp³-hybridized carbons (Fsp3) is 0.0526. The average Bonchev–Trinajstić information content (AvgIpc) is 3.25. The van der Waals surface area contributed by atoms with Crippen molar-refractivity contribution in [2.45, 2.75) is 6.54 Å². The number of nitrogens with zero attached hydrogens (tertiary/aromatic N) is 3. The highest BCUT2D eigenvalue weighted by Gasteiger charge is 2.23. The molecule has 2 aromatic heterocycles. The highest BCUT2D eigenvalue weighted by molar-refractivity contribution is 7.14. The fourth-order valence-corrected chi connectivity index (χ4v) is 3.73.